The predicted molar refractivity (Wildman–Crippen MR) is 105 cm³/mol. The van der Waals surface area contributed by atoms with E-state index in [1.807, 2.05) is 30.9 Å². The zero-order chi connectivity index (χ0) is 18.5. The maximum absolute atomic E-state index is 4.48. The van der Waals surface area contributed by atoms with Crippen LogP contribution in [0.5, 0.6) is 0 Å². The number of hydrogen-bond donors (Lipinski definition) is 0. The van der Waals surface area contributed by atoms with E-state index < -0.39 is 0 Å². The fourth-order valence-corrected chi connectivity index (χ4v) is 3.08. The van der Waals surface area contributed by atoms with E-state index in [2.05, 4.69) is 81.3 Å². The Kier molecular flexibility index (Phi) is 4.97. The third kappa shape index (κ3) is 4.23. The van der Waals surface area contributed by atoms with Crippen molar-refractivity contribution in [2.75, 3.05) is 0 Å². The van der Waals surface area contributed by atoms with Crippen LogP contribution in [0, 0.1) is 6.92 Å². The minimum atomic E-state index is 0.924. The second-order valence-electron chi connectivity index (χ2n) is 6.63. The molecule has 1 N–H and O–H groups in total. The molecule has 0 aliphatic rings. The number of rotatable bonds is 5. The van der Waals surface area contributed by atoms with Crippen LogP contribution in [0.1, 0.15) is 11.1 Å². The normalized spacial score (nSPS) is 10.7. The SMILES string of the molecule is Cc1ccnc(-c2cc(CC[n+]3ccc(-c4cc[nH+]cc4)cc3)ccn2)c1. The number of aromatic nitrogens is 4. The fourth-order valence-electron chi connectivity index (χ4n) is 3.08. The first-order valence-corrected chi connectivity index (χ1v) is 9.11. The second kappa shape index (κ2) is 7.87. The first kappa shape index (κ1) is 17.0. The average Bonchev–Trinajstić information content (AvgIpc) is 2.73. The van der Waals surface area contributed by atoms with Gasteiger partial charge >= 0.3 is 0 Å². The number of aromatic amines is 1. The van der Waals surface area contributed by atoms with Crippen LogP contribution in [0.25, 0.3) is 22.5 Å². The molecule has 0 unspecified atom stereocenters. The number of hydrogen-bond acceptors (Lipinski definition) is 2. The highest BCUT2D eigenvalue weighted by Crippen LogP contribution is 2.17. The minimum absolute atomic E-state index is 0.924. The van der Waals surface area contributed by atoms with Crippen molar-refractivity contribution in [2.45, 2.75) is 19.9 Å². The van der Waals surface area contributed by atoms with E-state index in [1.54, 1.807) is 0 Å². The van der Waals surface area contributed by atoms with Gasteiger partial charge in [-0.1, -0.05) is 0 Å². The van der Waals surface area contributed by atoms with Gasteiger partial charge in [-0.15, -0.1) is 0 Å². The standard InChI is InChI=1S/C23H21N4/c1-18-2-11-25-22(16-18)23-17-19(3-12-26-23)6-13-27-14-7-21(8-15-27)20-4-9-24-10-5-20/h2-5,7-12,14-17H,6,13H2,1H3/q+1/p+1. The summed E-state index contributed by atoms with van der Waals surface area (Å²) in [5.41, 5.74) is 6.74. The Morgan fingerprint density at radius 1 is 0.815 bits per heavy atom. The van der Waals surface area contributed by atoms with Gasteiger partial charge in [-0.25, -0.2) is 9.55 Å². The molecule has 27 heavy (non-hydrogen) atoms. The molecule has 4 rings (SSSR count). The van der Waals surface area contributed by atoms with Crippen LogP contribution in [-0.2, 0) is 13.0 Å². The van der Waals surface area contributed by atoms with Crippen LogP contribution in [0.15, 0.2) is 85.7 Å². The number of H-pyrrole nitrogens is 1. The molecule has 0 saturated heterocycles. The zero-order valence-corrected chi connectivity index (χ0v) is 15.3. The van der Waals surface area contributed by atoms with Gasteiger partial charge in [0, 0.05) is 43.1 Å². The summed E-state index contributed by atoms with van der Waals surface area (Å²) in [7, 11) is 0. The Morgan fingerprint density at radius 2 is 1.48 bits per heavy atom. The smallest absolute Gasteiger partial charge is 0.169 e. The fraction of sp³-hybridized carbons (Fsp3) is 0.130. The molecule has 4 aromatic heterocycles. The highest BCUT2D eigenvalue weighted by Gasteiger charge is 2.07. The summed E-state index contributed by atoms with van der Waals surface area (Å²) >= 11 is 0. The van der Waals surface area contributed by atoms with Crippen molar-refractivity contribution in [2.24, 2.45) is 0 Å². The van der Waals surface area contributed by atoms with Crippen molar-refractivity contribution in [3.63, 3.8) is 0 Å². The summed E-state index contributed by atoms with van der Waals surface area (Å²) in [6.45, 7) is 3.00. The van der Waals surface area contributed by atoms with Crippen molar-refractivity contribution in [1.82, 2.24) is 9.97 Å². The van der Waals surface area contributed by atoms with Gasteiger partial charge in [0.25, 0.3) is 0 Å². The van der Waals surface area contributed by atoms with E-state index in [4.69, 9.17) is 0 Å². The lowest BCUT2D eigenvalue weighted by atomic mass is 10.1. The van der Waals surface area contributed by atoms with Crippen molar-refractivity contribution in [1.29, 1.82) is 0 Å². The van der Waals surface area contributed by atoms with Crippen molar-refractivity contribution in [3.8, 4) is 22.5 Å². The van der Waals surface area contributed by atoms with E-state index in [0.717, 1.165) is 24.4 Å². The molecule has 0 aliphatic heterocycles. The molecule has 4 nitrogen and oxygen atoms in total. The Balaban J connectivity index is 1.45. The van der Waals surface area contributed by atoms with E-state index >= 15 is 0 Å². The highest BCUT2D eigenvalue weighted by molar-refractivity contribution is 5.61. The summed E-state index contributed by atoms with van der Waals surface area (Å²) in [6, 6.07) is 16.8. The van der Waals surface area contributed by atoms with Gasteiger partial charge in [0.1, 0.15) is 0 Å². The van der Waals surface area contributed by atoms with E-state index in [-0.39, 0.29) is 0 Å². The van der Waals surface area contributed by atoms with Gasteiger partial charge in [-0.3, -0.25) is 9.97 Å². The van der Waals surface area contributed by atoms with Gasteiger partial charge < -0.3 is 0 Å². The maximum Gasteiger partial charge on any atom is 0.169 e. The lowest BCUT2D eigenvalue weighted by Crippen LogP contribution is -2.33. The van der Waals surface area contributed by atoms with Gasteiger partial charge in [0.2, 0.25) is 0 Å². The summed E-state index contributed by atoms with van der Waals surface area (Å²) in [5.74, 6) is 0. The molecule has 0 saturated carbocycles. The van der Waals surface area contributed by atoms with E-state index in [1.165, 1.54) is 22.3 Å². The van der Waals surface area contributed by atoms with E-state index in [9.17, 15) is 0 Å². The maximum atomic E-state index is 4.48. The second-order valence-corrected chi connectivity index (χ2v) is 6.63. The molecule has 0 bridgehead atoms. The molecule has 0 atom stereocenters. The van der Waals surface area contributed by atoms with Gasteiger partial charge in [-0.2, -0.15) is 0 Å². The molecule has 0 aliphatic carbocycles. The molecular weight excluding hydrogens is 332 g/mol. The molecule has 0 spiro atoms. The van der Waals surface area contributed by atoms with Crippen LogP contribution in [-0.4, -0.2) is 9.97 Å². The number of nitrogens with one attached hydrogen (secondary N) is 1. The Hall–Kier alpha value is -3.40. The Bertz CT molecular complexity index is 1030. The largest absolute Gasteiger partial charge is 0.255 e. The number of pyridine rings is 4. The average molecular weight is 354 g/mol. The topological polar surface area (TPSA) is 43.8 Å². The Labute approximate surface area is 159 Å². The lowest BCUT2D eigenvalue weighted by molar-refractivity contribution is -0.696. The predicted octanol–water partition coefficient (Wildman–Crippen LogP) is 3.46. The molecule has 4 heterocycles. The van der Waals surface area contributed by atoms with Crippen molar-refractivity contribution in [3.05, 3.63) is 96.8 Å². The summed E-state index contributed by atoms with van der Waals surface area (Å²) < 4.78 is 2.21. The zero-order valence-electron chi connectivity index (χ0n) is 15.3. The van der Waals surface area contributed by atoms with Gasteiger partial charge in [0.15, 0.2) is 31.3 Å². The molecule has 0 aromatic carbocycles. The number of nitrogens with zero attached hydrogens (tertiary/aromatic N) is 3. The molecular formula is C23H22N4+2. The lowest BCUT2D eigenvalue weighted by Gasteiger charge is -2.04. The third-order valence-electron chi connectivity index (χ3n) is 4.60. The molecule has 132 valence electrons. The first-order valence-electron chi connectivity index (χ1n) is 9.11. The summed E-state index contributed by atoms with van der Waals surface area (Å²) in [5, 5.41) is 0. The molecule has 0 amide bonds. The molecule has 0 fully saturated rings. The monoisotopic (exact) mass is 354 g/mol. The van der Waals surface area contributed by atoms with Gasteiger partial charge in [-0.05, 0) is 53.4 Å². The van der Waals surface area contributed by atoms with E-state index in [0.29, 0.717) is 0 Å². The first-order chi connectivity index (χ1) is 13.3. The van der Waals surface area contributed by atoms with Crippen LogP contribution < -0.4 is 9.55 Å². The van der Waals surface area contributed by atoms with Gasteiger partial charge in [0.05, 0.1) is 11.4 Å². The quantitative estimate of drug-likeness (QED) is 0.515. The van der Waals surface area contributed by atoms with Crippen LogP contribution in [0.4, 0.5) is 0 Å². The van der Waals surface area contributed by atoms with Crippen LogP contribution in [0.3, 0.4) is 0 Å². The summed E-state index contributed by atoms with van der Waals surface area (Å²) in [6.07, 6.45) is 12.8. The van der Waals surface area contributed by atoms with Crippen LogP contribution in [0.2, 0.25) is 0 Å². The summed E-state index contributed by atoms with van der Waals surface area (Å²) in [4.78, 5) is 12.0. The Morgan fingerprint density at radius 3 is 2.22 bits per heavy atom. The highest BCUT2D eigenvalue weighted by atomic mass is 14.9. The molecule has 4 aromatic rings. The molecule has 0 radical (unpaired) electrons. The van der Waals surface area contributed by atoms with Crippen LogP contribution >= 0.6 is 0 Å². The molecule has 4 heteroatoms. The van der Waals surface area contributed by atoms with Crippen molar-refractivity contribution < 1.29 is 9.55 Å². The minimum Gasteiger partial charge on any atom is -0.255 e. The van der Waals surface area contributed by atoms with Crippen molar-refractivity contribution >= 4 is 0 Å². The third-order valence-corrected chi connectivity index (χ3v) is 4.60. The number of aryl methyl sites for hydroxylation is 3.